The fraction of sp³-hybridized carbons (Fsp3) is 0.550. The van der Waals surface area contributed by atoms with Crippen LogP contribution in [0.1, 0.15) is 25.3 Å². The summed E-state index contributed by atoms with van der Waals surface area (Å²) in [6.45, 7) is 2.16. The molecule has 2 rings (SSSR count). The average molecular weight is 441 g/mol. The number of hydrogen-bond donors (Lipinski definition) is 4. The second kappa shape index (κ2) is 10.6. The Hall–Kier alpha value is -2.36. The molecule has 0 spiro atoms. The summed E-state index contributed by atoms with van der Waals surface area (Å²) in [7, 11) is 1.67. The molecule has 0 aliphatic carbocycles. The van der Waals surface area contributed by atoms with Crippen LogP contribution < -0.4 is 16.4 Å². The Morgan fingerprint density at radius 1 is 1.37 bits per heavy atom. The lowest BCUT2D eigenvalue weighted by molar-refractivity contribution is -0.143. The quantitative estimate of drug-likeness (QED) is 0.463. The smallest absolute Gasteiger partial charge is 0.405 e. The van der Waals surface area contributed by atoms with Crippen molar-refractivity contribution in [1.82, 2.24) is 15.5 Å². The number of rotatable bonds is 8. The van der Waals surface area contributed by atoms with Gasteiger partial charge in [0, 0.05) is 18.6 Å². The molecule has 166 valence electrons. The third-order valence-electron chi connectivity index (χ3n) is 5.40. The van der Waals surface area contributed by atoms with Crippen molar-refractivity contribution < 1.29 is 24.2 Å². The predicted molar refractivity (Wildman–Crippen MR) is 112 cm³/mol. The molecule has 3 atom stereocenters. The lowest BCUT2D eigenvalue weighted by atomic mass is 9.82. The Bertz CT molecular complexity index is 752. The normalized spacial score (nSPS) is 20.7. The molecule has 0 radical (unpaired) electrons. The van der Waals surface area contributed by atoms with Gasteiger partial charge in [-0.3, -0.25) is 9.59 Å². The molecular weight excluding hydrogens is 412 g/mol. The molecule has 1 aromatic rings. The van der Waals surface area contributed by atoms with Crippen molar-refractivity contribution in [2.75, 3.05) is 26.7 Å². The lowest BCUT2D eigenvalue weighted by Gasteiger charge is -2.46. The van der Waals surface area contributed by atoms with Crippen LogP contribution in [0.25, 0.3) is 0 Å². The van der Waals surface area contributed by atoms with Crippen LogP contribution in [0.4, 0.5) is 4.79 Å². The number of nitrogens with zero attached hydrogens (tertiary/aromatic N) is 1. The predicted octanol–water partition coefficient (Wildman–Crippen LogP) is 0.424. The number of ether oxygens (including phenoxy) is 1. The van der Waals surface area contributed by atoms with E-state index in [0.717, 1.165) is 24.9 Å². The topological polar surface area (TPSA) is 134 Å². The Balaban J connectivity index is 2.17. The Kier molecular flexibility index (Phi) is 8.45. The largest absolute Gasteiger partial charge is 0.437 e. The molecule has 9 nitrogen and oxygen atoms in total. The molecule has 5 N–H and O–H groups in total. The van der Waals surface area contributed by atoms with Crippen molar-refractivity contribution in [3.63, 3.8) is 0 Å². The van der Waals surface area contributed by atoms with Crippen molar-refractivity contribution in [2.24, 2.45) is 5.73 Å². The number of carbonyl (C=O) groups excluding carboxylic acids is 3. The first-order chi connectivity index (χ1) is 14.2. The van der Waals surface area contributed by atoms with E-state index in [2.05, 4.69) is 15.4 Å². The van der Waals surface area contributed by atoms with Crippen LogP contribution in [0.5, 0.6) is 0 Å². The van der Waals surface area contributed by atoms with E-state index in [0.29, 0.717) is 18.0 Å². The molecule has 0 aromatic heterocycles. The molecule has 1 saturated heterocycles. The number of likely N-dealkylation sites (N-methyl/N-ethyl adjacent to an activating group) is 1. The van der Waals surface area contributed by atoms with E-state index >= 15 is 0 Å². The van der Waals surface area contributed by atoms with E-state index < -0.39 is 42.2 Å². The van der Waals surface area contributed by atoms with Gasteiger partial charge in [-0.2, -0.15) is 0 Å². The third-order valence-corrected chi connectivity index (χ3v) is 5.65. The van der Waals surface area contributed by atoms with Gasteiger partial charge in [0.1, 0.15) is 6.04 Å². The molecule has 0 bridgehead atoms. The van der Waals surface area contributed by atoms with Crippen molar-refractivity contribution >= 4 is 29.5 Å². The summed E-state index contributed by atoms with van der Waals surface area (Å²) in [5.74, 6) is -1.15. The molecule has 1 aromatic carbocycles. The monoisotopic (exact) mass is 440 g/mol. The van der Waals surface area contributed by atoms with Crippen molar-refractivity contribution in [1.29, 1.82) is 0 Å². The molecule has 1 aliphatic heterocycles. The van der Waals surface area contributed by atoms with Gasteiger partial charge < -0.3 is 31.1 Å². The number of piperidine rings is 1. The fourth-order valence-corrected chi connectivity index (χ4v) is 3.79. The number of hydrogen-bond acceptors (Lipinski definition) is 6. The van der Waals surface area contributed by atoms with Crippen LogP contribution in [-0.2, 0) is 20.7 Å². The van der Waals surface area contributed by atoms with Crippen LogP contribution in [0, 0.1) is 0 Å². The maximum Gasteiger partial charge on any atom is 0.405 e. The number of amides is 3. The van der Waals surface area contributed by atoms with Crippen molar-refractivity contribution in [3.8, 4) is 0 Å². The van der Waals surface area contributed by atoms with Crippen LogP contribution in [0.2, 0.25) is 5.02 Å². The van der Waals surface area contributed by atoms with Crippen LogP contribution in [0.15, 0.2) is 24.3 Å². The second-order valence-electron chi connectivity index (χ2n) is 7.53. The highest BCUT2D eigenvalue weighted by Crippen LogP contribution is 2.28. The van der Waals surface area contributed by atoms with Gasteiger partial charge in [-0.05, 0) is 50.4 Å². The Labute approximate surface area is 180 Å². The van der Waals surface area contributed by atoms with E-state index in [4.69, 9.17) is 17.3 Å². The Morgan fingerprint density at radius 2 is 2.03 bits per heavy atom. The SMILES string of the molecule is C[C@H](OC(N)=O)C(=O)N[C@@H](CO)C(=O)N(C)[C@@]1(Cc2ccc(Cl)cc2)CCCNC1. The van der Waals surface area contributed by atoms with Gasteiger partial charge in [0.05, 0.1) is 12.1 Å². The summed E-state index contributed by atoms with van der Waals surface area (Å²) in [5, 5.41) is 16.1. The molecule has 1 heterocycles. The number of benzene rings is 1. The standard InChI is InChI=1S/C20H29ClN4O5/c1-13(30-19(22)29)17(27)24-16(11-26)18(28)25(2)20(8-3-9-23-12-20)10-14-4-6-15(21)7-5-14/h4-7,13,16,23,26H,3,8-12H2,1-2H3,(H2,22,29)(H,24,27)/t13-,16-,20+/m0/s1. The summed E-state index contributed by atoms with van der Waals surface area (Å²) in [5.41, 5.74) is 5.41. The lowest BCUT2D eigenvalue weighted by Crippen LogP contribution is -2.63. The van der Waals surface area contributed by atoms with Crippen molar-refractivity contribution in [3.05, 3.63) is 34.9 Å². The van der Waals surface area contributed by atoms with Crippen molar-refractivity contribution in [2.45, 2.75) is 43.9 Å². The van der Waals surface area contributed by atoms with Gasteiger partial charge >= 0.3 is 6.09 Å². The van der Waals surface area contributed by atoms with Gasteiger partial charge in [0.2, 0.25) is 5.91 Å². The van der Waals surface area contributed by atoms with Gasteiger partial charge in [-0.1, -0.05) is 23.7 Å². The minimum absolute atomic E-state index is 0.435. The minimum Gasteiger partial charge on any atom is -0.437 e. The number of nitrogens with two attached hydrogens (primary N) is 1. The van der Waals surface area contributed by atoms with Gasteiger partial charge in [-0.25, -0.2) is 4.79 Å². The highest BCUT2D eigenvalue weighted by molar-refractivity contribution is 6.30. The van der Waals surface area contributed by atoms with Crippen LogP contribution in [-0.4, -0.2) is 72.3 Å². The summed E-state index contributed by atoms with van der Waals surface area (Å²) >= 11 is 5.98. The van der Waals surface area contributed by atoms with Gasteiger partial charge in [0.15, 0.2) is 6.10 Å². The van der Waals surface area contributed by atoms with Gasteiger partial charge in [-0.15, -0.1) is 0 Å². The summed E-state index contributed by atoms with van der Waals surface area (Å²) in [6.07, 6.45) is -0.0544. The van der Waals surface area contributed by atoms with Gasteiger partial charge in [0.25, 0.3) is 5.91 Å². The number of carbonyl (C=O) groups is 3. The summed E-state index contributed by atoms with van der Waals surface area (Å²) in [4.78, 5) is 37.8. The minimum atomic E-state index is -1.19. The second-order valence-corrected chi connectivity index (χ2v) is 7.96. The highest BCUT2D eigenvalue weighted by Gasteiger charge is 2.41. The maximum absolute atomic E-state index is 13.2. The first-order valence-electron chi connectivity index (χ1n) is 9.78. The number of aliphatic hydroxyl groups excluding tert-OH is 1. The Morgan fingerprint density at radius 3 is 2.57 bits per heavy atom. The van der Waals surface area contributed by atoms with Crippen LogP contribution >= 0.6 is 11.6 Å². The first-order valence-corrected chi connectivity index (χ1v) is 10.2. The fourth-order valence-electron chi connectivity index (χ4n) is 3.66. The van der Waals surface area contributed by atoms with E-state index in [-0.39, 0.29) is 0 Å². The zero-order valence-corrected chi connectivity index (χ0v) is 17.9. The first kappa shape index (κ1) is 23.9. The summed E-state index contributed by atoms with van der Waals surface area (Å²) in [6, 6.07) is 6.28. The van der Waals surface area contributed by atoms with E-state index in [1.165, 1.54) is 6.92 Å². The number of aliphatic hydroxyl groups is 1. The molecule has 3 amide bonds. The summed E-state index contributed by atoms with van der Waals surface area (Å²) < 4.78 is 4.62. The van der Waals surface area contributed by atoms with E-state index in [1.807, 2.05) is 12.1 Å². The van der Waals surface area contributed by atoms with E-state index in [9.17, 15) is 19.5 Å². The molecule has 1 fully saturated rings. The zero-order valence-electron chi connectivity index (χ0n) is 17.2. The highest BCUT2D eigenvalue weighted by atomic mass is 35.5. The maximum atomic E-state index is 13.2. The van der Waals surface area contributed by atoms with E-state index in [1.54, 1.807) is 24.1 Å². The molecular formula is C20H29ClN4O5. The zero-order chi connectivity index (χ0) is 22.3. The number of primary amides is 1. The number of nitrogens with one attached hydrogen (secondary N) is 2. The third kappa shape index (κ3) is 6.07. The molecule has 0 unspecified atom stereocenters. The molecule has 0 saturated carbocycles. The average Bonchev–Trinajstić information content (AvgIpc) is 2.72. The molecule has 30 heavy (non-hydrogen) atoms. The van der Waals surface area contributed by atoms with Crippen LogP contribution in [0.3, 0.4) is 0 Å². The molecule has 10 heteroatoms. The number of halogens is 1. The molecule has 1 aliphatic rings.